The van der Waals surface area contributed by atoms with Crippen LogP contribution in [-0.4, -0.2) is 20.8 Å². The van der Waals surface area contributed by atoms with Crippen molar-refractivity contribution in [2.75, 3.05) is 0 Å². The van der Waals surface area contributed by atoms with E-state index in [1.165, 1.54) is 15.6 Å². The average Bonchev–Trinajstić information content (AvgIpc) is 3.05. The van der Waals surface area contributed by atoms with Crippen LogP contribution in [-0.2, 0) is 13.1 Å². The Morgan fingerprint density at radius 1 is 1.30 bits per heavy atom. The lowest BCUT2D eigenvalue weighted by Gasteiger charge is -2.04. The van der Waals surface area contributed by atoms with Crippen LogP contribution in [0.3, 0.4) is 0 Å². The molecule has 0 aliphatic heterocycles. The van der Waals surface area contributed by atoms with E-state index < -0.39 is 0 Å². The van der Waals surface area contributed by atoms with E-state index in [9.17, 15) is 0 Å². The van der Waals surface area contributed by atoms with E-state index in [1.807, 2.05) is 11.0 Å². The molecule has 0 amide bonds. The molecule has 2 heterocycles. The largest absolute Gasteiger partial charge is 0.308 e. The zero-order valence-corrected chi connectivity index (χ0v) is 12.5. The summed E-state index contributed by atoms with van der Waals surface area (Å²) < 4.78 is 3.23. The molecular formula is C15H18N4S. The van der Waals surface area contributed by atoms with E-state index in [-0.39, 0.29) is 0 Å². The molecule has 0 saturated carbocycles. The molecule has 0 saturated heterocycles. The summed E-state index contributed by atoms with van der Waals surface area (Å²) in [6, 6.07) is 8.93. The van der Waals surface area contributed by atoms with E-state index in [1.54, 1.807) is 11.3 Å². The number of hydrogen-bond acceptors (Lipinski definition) is 4. The first-order valence-corrected chi connectivity index (χ1v) is 7.67. The molecule has 1 aromatic carbocycles. The van der Waals surface area contributed by atoms with Gasteiger partial charge in [-0.1, -0.05) is 32.0 Å². The van der Waals surface area contributed by atoms with E-state index in [0.29, 0.717) is 6.04 Å². The lowest BCUT2D eigenvalue weighted by atomic mass is 10.2. The summed E-state index contributed by atoms with van der Waals surface area (Å²) in [6.45, 7) is 5.73. The van der Waals surface area contributed by atoms with Crippen molar-refractivity contribution in [3.05, 3.63) is 47.4 Å². The quantitative estimate of drug-likeness (QED) is 0.784. The Bertz CT molecular complexity index is 699. The number of aromatic nitrogens is 3. The summed E-state index contributed by atoms with van der Waals surface area (Å²) in [5.41, 5.74) is 1.30. The molecule has 20 heavy (non-hydrogen) atoms. The Balaban J connectivity index is 1.74. The topological polar surface area (TPSA) is 42.7 Å². The molecule has 5 heteroatoms. The third kappa shape index (κ3) is 2.89. The van der Waals surface area contributed by atoms with Gasteiger partial charge in [-0.15, -0.1) is 11.3 Å². The molecule has 0 spiro atoms. The minimum atomic E-state index is 0.447. The molecular weight excluding hydrogens is 268 g/mol. The van der Waals surface area contributed by atoms with Crippen LogP contribution < -0.4 is 5.32 Å². The molecule has 0 fully saturated rings. The normalized spacial score (nSPS) is 11.6. The van der Waals surface area contributed by atoms with E-state index in [4.69, 9.17) is 0 Å². The van der Waals surface area contributed by atoms with Gasteiger partial charge in [0.15, 0.2) is 5.82 Å². The number of hydrogen-bond donors (Lipinski definition) is 1. The first kappa shape index (κ1) is 13.3. The number of fused-ring (bicyclic) bond motifs is 1. The minimum absolute atomic E-state index is 0.447. The predicted molar refractivity (Wildman–Crippen MR) is 82.9 cm³/mol. The second kappa shape index (κ2) is 5.73. The molecule has 0 unspecified atom stereocenters. The second-order valence-corrected chi connectivity index (χ2v) is 6.06. The van der Waals surface area contributed by atoms with Crippen molar-refractivity contribution in [2.24, 2.45) is 0 Å². The highest BCUT2D eigenvalue weighted by molar-refractivity contribution is 7.17. The van der Waals surface area contributed by atoms with Crippen molar-refractivity contribution < 1.29 is 0 Å². The average molecular weight is 286 g/mol. The molecule has 3 aromatic rings. The highest BCUT2D eigenvalue weighted by Gasteiger charge is 2.06. The van der Waals surface area contributed by atoms with Crippen molar-refractivity contribution in [3.8, 4) is 0 Å². The van der Waals surface area contributed by atoms with Gasteiger partial charge in [0.1, 0.15) is 6.33 Å². The molecule has 0 aliphatic rings. The second-order valence-electron chi connectivity index (χ2n) is 5.15. The van der Waals surface area contributed by atoms with Gasteiger partial charge >= 0.3 is 0 Å². The number of thiophene rings is 1. The maximum atomic E-state index is 4.51. The monoisotopic (exact) mass is 286 g/mol. The van der Waals surface area contributed by atoms with Gasteiger partial charge in [-0.2, -0.15) is 5.10 Å². The molecule has 3 rings (SSSR count). The number of nitrogens with zero attached hydrogens (tertiary/aromatic N) is 3. The first-order chi connectivity index (χ1) is 9.72. The molecule has 2 aromatic heterocycles. The maximum absolute atomic E-state index is 4.51. The fourth-order valence-corrected chi connectivity index (χ4v) is 3.07. The van der Waals surface area contributed by atoms with Gasteiger partial charge in [-0.3, -0.25) is 0 Å². The summed E-state index contributed by atoms with van der Waals surface area (Å²) >= 11 is 1.78. The van der Waals surface area contributed by atoms with Crippen molar-refractivity contribution in [1.82, 2.24) is 20.1 Å². The fraction of sp³-hybridized carbons (Fsp3) is 0.333. The Hall–Kier alpha value is -1.72. The maximum Gasteiger partial charge on any atom is 0.164 e. The third-order valence-corrected chi connectivity index (χ3v) is 4.16. The molecule has 0 atom stereocenters. The summed E-state index contributed by atoms with van der Waals surface area (Å²) in [5.74, 6) is 0.846. The molecule has 0 aliphatic carbocycles. The zero-order chi connectivity index (χ0) is 13.9. The van der Waals surface area contributed by atoms with E-state index in [2.05, 4.69) is 58.9 Å². The van der Waals surface area contributed by atoms with Gasteiger partial charge in [0.05, 0.1) is 13.1 Å². The van der Waals surface area contributed by atoms with Gasteiger partial charge in [-0.05, 0) is 22.4 Å². The Kier molecular flexibility index (Phi) is 3.80. The Morgan fingerprint density at radius 2 is 2.15 bits per heavy atom. The number of rotatable bonds is 5. The summed E-state index contributed by atoms with van der Waals surface area (Å²) in [4.78, 5) is 4.34. The van der Waals surface area contributed by atoms with Crippen LogP contribution >= 0.6 is 11.3 Å². The Labute approximate surface area is 122 Å². The lowest BCUT2D eigenvalue weighted by Crippen LogP contribution is -2.22. The number of nitrogens with one attached hydrogen (secondary N) is 1. The van der Waals surface area contributed by atoms with E-state index in [0.717, 1.165) is 18.9 Å². The predicted octanol–water partition coefficient (Wildman–Crippen LogP) is 3.04. The van der Waals surface area contributed by atoms with Gasteiger partial charge in [0.25, 0.3) is 0 Å². The van der Waals surface area contributed by atoms with Gasteiger partial charge < -0.3 is 5.32 Å². The number of benzene rings is 1. The van der Waals surface area contributed by atoms with Gasteiger partial charge in [-0.25, -0.2) is 9.67 Å². The van der Waals surface area contributed by atoms with Crippen molar-refractivity contribution in [2.45, 2.75) is 33.0 Å². The zero-order valence-electron chi connectivity index (χ0n) is 11.7. The summed E-state index contributed by atoms with van der Waals surface area (Å²) in [6.07, 6.45) is 1.81. The highest BCUT2D eigenvalue weighted by atomic mass is 32.1. The minimum Gasteiger partial charge on any atom is -0.308 e. The van der Waals surface area contributed by atoms with Gasteiger partial charge in [0.2, 0.25) is 0 Å². The van der Waals surface area contributed by atoms with Crippen molar-refractivity contribution in [3.63, 3.8) is 0 Å². The summed E-state index contributed by atoms with van der Waals surface area (Å²) in [5, 5.41) is 11.4. The van der Waals surface area contributed by atoms with Gasteiger partial charge in [0, 0.05) is 10.7 Å². The molecule has 104 valence electrons. The highest BCUT2D eigenvalue weighted by Crippen LogP contribution is 2.25. The van der Waals surface area contributed by atoms with Crippen LogP contribution in [0.15, 0.2) is 36.0 Å². The van der Waals surface area contributed by atoms with Crippen molar-refractivity contribution in [1.29, 1.82) is 0 Å². The SMILES string of the molecule is CC(C)NCc1ncn(Cc2csc3ccccc23)n1. The van der Waals surface area contributed by atoms with Crippen LogP contribution in [0.1, 0.15) is 25.2 Å². The molecule has 4 nitrogen and oxygen atoms in total. The van der Waals surface area contributed by atoms with Crippen LogP contribution in [0.4, 0.5) is 0 Å². The standard InChI is InChI=1S/C15H18N4S/c1-11(2)16-7-15-17-10-19(18-15)8-12-9-20-14-6-4-3-5-13(12)14/h3-6,9-11,16H,7-8H2,1-2H3. The van der Waals surface area contributed by atoms with E-state index >= 15 is 0 Å². The molecule has 0 bridgehead atoms. The fourth-order valence-electron chi connectivity index (χ4n) is 2.12. The van der Waals surface area contributed by atoms with Crippen LogP contribution in [0.25, 0.3) is 10.1 Å². The molecule has 1 N–H and O–H groups in total. The molecule has 0 radical (unpaired) electrons. The van der Waals surface area contributed by atoms with Crippen LogP contribution in [0.5, 0.6) is 0 Å². The summed E-state index contributed by atoms with van der Waals surface area (Å²) in [7, 11) is 0. The third-order valence-electron chi connectivity index (χ3n) is 3.15. The van der Waals surface area contributed by atoms with Crippen LogP contribution in [0, 0.1) is 0 Å². The smallest absolute Gasteiger partial charge is 0.164 e. The Morgan fingerprint density at radius 3 is 3.00 bits per heavy atom. The van der Waals surface area contributed by atoms with Crippen LogP contribution in [0.2, 0.25) is 0 Å². The van der Waals surface area contributed by atoms with Crippen molar-refractivity contribution >= 4 is 21.4 Å². The lowest BCUT2D eigenvalue weighted by molar-refractivity contribution is 0.565. The first-order valence-electron chi connectivity index (χ1n) is 6.79.